The van der Waals surface area contributed by atoms with E-state index in [1.165, 1.54) is 36.4 Å². The zero-order chi connectivity index (χ0) is 16.3. The monoisotopic (exact) mass is 406 g/mol. The number of halogens is 3. The van der Waals surface area contributed by atoms with Crippen LogP contribution in [0.2, 0.25) is 5.02 Å². The molecule has 2 aromatic rings. The van der Waals surface area contributed by atoms with E-state index in [0.717, 1.165) is 6.07 Å². The second-order valence-corrected chi connectivity index (χ2v) is 7.09. The maximum atomic E-state index is 13.4. The maximum absolute atomic E-state index is 13.4. The van der Waals surface area contributed by atoms with Crippen molar-refractivity contribution in [1.82, 2.24) is 10.3 Å². The first kappa shape index (κ1) is 16.9. The van der Waals surface area contributed by atoms with Gasteiger partial charge in [0.1, 0.15) is 10.7 Å². The summed E-state index contributed by atoms with van der Waals surface area (Å²) >= 11 is 9.00. The molecule has 0 heterocycles. The standard InChI is InChI=1S/C13H9BrClFN2O3S/c14-8-5-6-12(10(15)7-8)22(20,21)18-17-13(19)9-3-1-2-4-11(9)16/h1-7,18H,(H,17,19). The third-order valence-electron chi connectivity index (χ3n) is 2.60. The van der Waals surface area contributed by atoms with E-state index in [2.05, 4.69) is 15.9 Å². The molecule has 1 amide bonds. The lowest BCUT2D eigenvalue weighted by molar-refractivity contribution is 0.0941. The molecule has 22 heavy (non-hydrogen) atoms. The molecule has 0 aliphatic heterocycles. The molecule has 2 N–H and O–H groups in total. The molecular weight excluding hydrogens is 399 g/mol. The molecule has 2 rings (SSSR count). The number of nitrogens with one attached hydrogen (secondary N) is 2. The number of hydrogen-bond donors (Lipinski definition) is 2. The average Bonchev–Trinajstić information content (AvgIpc) is 2.45. The number of hydrogen-bond acceptors (Lipinski definition) is 3. The van der Waals surface area contributed by atoms with E-state index in [1.807, 2.05) is 10.3 Å². The van der Waals surface area contributed by atoms with Gasteiger partial charge in [-0.2, -0.15) is 0 Å². The minimum absolute atomic E-state index is 0.0259. The fraction of sp³-hybridized carbons (Fsp3) is 0. The lowest BCUT2D eigenvalue weighted by Crippen LogP contribution is -2.41. The normalized spacial score (nSPS) is 11.2. The van der Waals surface area contributed by atoms with Gasteiger partial charge in [0.05, 0.1) is 10.6 Å². The average molecular weight is 408 g/mol. The Morgan fingerprint density at radius 1 is 1.18 bits per heavy atom. The Morgan fingerprint density at radius 3 is 2.50 bits per heavy atom. The van der Waals surface area contributed by atoms with E-state index >= 15 is 0 Å². The van der Waals surface area contributed by atoms with Crippen molar-refractivity contribution in [2.24, 2.45) is 0 Å². The summed E-state index contributed by atoms with van der Waals surface area (Å²) in [6.07, 6.45) is 0. The predicted octanol–water partition coefficient (Wildman–Crippen LogP) is 2.86. The van der Waals surface area contributed by atoms with Crippen LogP contribution >= 0.6 is 27.5 Å². The highest BCUT2D eigenvalue weighted by atomic mass is 79.9. The summed E-state index contributed by atoms with van der Waals surface area (Å²) in [5, 5.41) is -0.0259. The third-order valence-corrected chi connectivity index (χ3v) is 4.82. The van der Waals surface area contributed by atoms with Crippen molar-refractivity contribution in [3.05, 3.63) is 63.3 Å². The van der Waals surface area contributed by atoms with Gasteiger partial charge in [-0.15, -0.1) is 4.83 Å². The van der Waals surface area contributed by atoms with Crippen LogP contribution < -0.4 is 10.3 Å². The van der Waals surface area contributed by atoms with Crippen LogP contribution in [0.15, 0.2) is 51.8 Å². The quantitative estimate of drug-likeness (QED) is 0.765. The number of sulfonamides is 1. The van der Waals surface area contributed by atoms with Crippen LogP contribution in [0.3, 0.4) is 0 Å². The van der Waals surface area contributed by atoms with Gasteiger partial charge in [-0.05, 0) is 30.3 Å². The molecule has 0 unspecified atom stereocenters. The Labute approximate surface area is 139 Å². The van der Waals surface area contributed by atoms with Gasteiger partial charge in [0.15, 0.2) is 0 Å². The van der Waals surface area contributed by atoms with Crippen molar-refractivity contribution in [2.45, 2.75) is 4.90 Å². The van der Waals surface area contributed by atoms with Gasteiger partial charge in [-0.1, -0.05) is 39.7 Å². The minimum Gasteiger partial charge on any atom is -0.273 e. The first-order valence-electron chi connectivity index (χ1n) is 5.83. The van der Waals surface area contributed by atoms with Gasteiger partial charge in [0.2, 0.25) is 0 Å². The van der Waals surface area contributed by atoms with Crippen LogP contribution in [0.25, 0.3) is 0 Å². The Morgan fingerprint density at radius 2 is 1.86 bits per heavy atom. The van der Waals surface area contributed by atoms with Crippen molar-refractivity contribution < 1.29 is 17.6 Å². The van der Waals surface area contributed by atoms with E-state index in [9.17, 15) is 17.6 Å². The molecular formula is C13H9BrClFN2O3S. The van der Waals surface area contributed by atoms with E-state index in [0.29, 0.717) is 4.47 Å². The fourth-order valence-corrected chi connectivity index (χ4v) is 3.45. The molecule has 116 valence electrons. The molecule has 2 aromatic carbocycles. The number of rotatable bonds is 4. The molecule has 0 aliphatic carbocycles. The summed E-state index contributed by atoms with van der Waals surface area (Å²) in [4.78, 5) is 13.4. The van der Waals surface area contributed by atoms with Crippen LogP contribution in [0, 0.1) is 5.82 Å². The van der Waals surface area contributed by atoms with Gasteiger partial charge in [0.25, 0.3) is 15.9 Å². The number of benzene rings is 2. The molecule has 0 atom stereocenters. The lowest BCUT2D eigenvalue weighted by Gasteiger charge is -2.10. The zero-order valence-corrected chi connectivity index (χ0v) is 14.0. The summed E-state index contributed by atoms with van der Waals surface area (Å²) in [6.45, 7) is 0. The Kier molecular flexibility index (Phi) is 5.17. The molecule has 0 saturated heterocycles. The first-order chi connectivity index (χ1) is 10.3. The molecule has 0 aliphatic rings. The highest BCUT2D eigenvalue weighted by molar-refractivity contribution is 9.10. The number of carbonyl (C=O) groups excluding carboxylic acids is 1. The van der Waals surface area contributed by atoms with Crippen molar-refractivity contribution in [1.29, 1.82) is 0 Å². The van der Waals surface area contributed by atoms with Crippen molar-refractivity contribution in [2.75, 3.05) is 0 Å². The maximum Gasteiger partial charge on any atom is 0.269 e. The molecule has 0 fully saturated rings. The second kappa shape index (κ2) is 6.74. The van der Waals surface area contributed by atoms with E-state index < -0.39 is 21.7 Å². The zero-order valence-electron chi connectivity index (χ0n) is 10.8. The second-order valence-electron chi connectivity index (χ2n) is 4.11. The van der Waals surface area contributed by atoms with Crippen LogP contribution in [-0.2, 0) is 10.0 Å². The SMILES string of the molecule is O=C(NNS(=O)(=O)c1ccc(Br)cc1Cl)c1ccccc1F. The molecule has 0 radical (unpaired) electrons. The third kappa shape index (κ3) is 3.83. The Hall–Kier alpha value is -1.48. The molecule has 5 nitrogen and oxygen atoms in total. The first-order valence-corrected chi connectivity index (χ1v) is 8.48. The topological polar surface area (TPSA) is 75.3 Å². The lowest BCUT2D eigenvalue weighted by atomic mass is 10.2. The highest BCUT2D eigenvalue weighted by Crippen LogP contribution is 2.24. The fourth-order valence-electron chi connectivity index (χ4n) is 1.57. The van der Waals surface area contributed by atoms with Crippen LogP contribution in [0.1, 0.15) is 10.4 Å². The number of hydrazine groups is 1. The van der Waals surface area contributed by atoms with Crippen molar-refractivity contribution in [3.8, 4) is 0 Å². The largest absolute Gasteiger partial charge is 0.273 e. The van der Waals surface area contributed by atoms with Crippen LogP contribution in [0.4, 0.5) is 4.39 Å². The van der Waals surface area contributed by atoms with Gasteiger partial charge in [-0.3, -0.25) is 10.2 Å². The van der Waals surface area contributed by atoms with Crippen LogP contribution in [-0.4, -0.2) is 14.3 Å². The minimum atomic E-state index is -4.08. The molecule has 0 saturated carbocycles. The molecule has 9 heteroatoms. The van der Waals surface area contributed by atoms with Gasteiger partial charge in [-0.25, -0.2) is 12.8 Å². The van der Waals surface area contributed by atoms with Gasteiger partial charge in [0, 0.05) is 4.47 Å². The summed E-state index contributed by atoms with van der Waals surface area (Å²) in [5.41, 5.74) is 1.65. The Bertz CT molecular complexity index is 830. The summed E-state index contributed by atoms with van der Waals surface area (Å²) in [6, 6.07) is 9.34. The van der Waals surface area contributed by atoms with E-state index in [1.54, 1.807) is 0 Å². The van der Waals surface area contributed by atoms with Crippen molar-refractivity contribution >= 4 is 43.5 Å². The highest BCUT2D eigenvalue weighted by Gasteiger charge is 2.20. The molecule has 0 bridgehead atoms. The molecule has 0 spiro atoms. The van der Waals surface area contributed by atoms with Crippen molar-refractivity contribution in [3.63, 3.8) is 0 Å². The van der Waals surface area contributed by atoms with E-state index in [-0.39, 0.29) is 15.5 Å². The smallest absolute Gasteiger partial charge is 0.269 e. The van der Waals surface area contributed by atoms with Gasteiger partial charge >= 0.3 is 0 Å². The number of amides is 1. The predicted molar refractivity (Wildman–Crippen MR) is 83.3 cm³/mol. The summed E-state index contributed by atoms with van der Waals surface area (Å²) in [7, 11) is -4.08. The van der Waals surface area contributed by atoms with Crippen LogP contribution in [0.5, 0.6) is 0 Å². The number of carbonyl (C=O) groups is 1. The molecule has 0 aromatic heterocycles. The van der Waals surface area contributed by atoms with E-state index in [4.69, 9.17) is 11.6 Å². The summed E-state index contributed by atoms with van der Waals surface area (Å²) in [5.74, 6) is -1.68. The summed E-state index contributed by atoms with van der Waals surface area (Å²) < 4.78 is 38.2. The van der Waals surface area contributed by atoms with Gasteiger partial charge < -0.3 is 0 Å². The Balaban J connectivity index is 2.17.